The van der Waals surface area contributed by atoms with Crippen LogP contribution in [0.1, 0.15) is 57.2 Å². The van der Waals surface area contributed by atoms with Gasteiger partial charge in [-0.1, -0.05) is 26.8 Å². The minimum absolute atomic E-state index is 0.0193. The zero-order valence-electron chi connectivity index (χ0n) is 18.8. The minimum atomic E-state index is -3.21. The van der Waals surface area contributed by atoms with Gasteiger partial charge in [-0.05, 0) is 60.1 Å². The second-order valence-corrected chi connectivity index (χ2v) is 11.5. The summed E-state index contributed by atoms with van der Waals surface area (Å²) < 4.78 is 28.8. The predicted molar refractivity (Wildman–Crippen MR) is 121 cm³/mol. The van der Waals surface area contributed by atoms with E-state index in [0.29, 0.717) is 24.7 Å². The van der Waals surface area contributed by atoms with E-state index in [4.69, 9.17) is 4.74 Å². The molecule has 0 spiro atoms. The molecule has 0 N–H and O–H groups in total. The summed E-state index contributed by atoms with van der Waals surface area (Å²) in [5.41, 5.74) is 2.03. The Labute approximate surface area is 185 Å². The van der Waals surface area contributed by atoms with Gasteiger partial charge < -0.3 is 9.64 Å². The first-order valence-electron chi connectivity index (χ1n) is 10.7. The van der Waals surface area contributed by atoms with Crippen LogP contribution in [0.15, 0.2) is 47.5 Å². The molecule has 0 unspecified atom stereocenters. The lowest BCUT2D eigenvalue weighted by Gasteiger charge is -2.33. The Morgan fingerprint density at radius 1 is 1.10 bits per heavy atom. The van der Waals surface area contributed by atoms with Crippen molar-refractivity contribution in [2.75, 3.05) is 19.3 Å². The van der Waals surface area contributed by atoms with E-state index in [-0.39, 0.29) is 16.2 Å². The van der Waals surface area contributed by atoms with Crippen LogP contribution in [0.4, 0.5) is 0 Å². The molecule has 1 amide bonds. The number of carbonyl (C=O) groups is 1. The molecule has 1 aliphatic heterocycles. The first-order valence-corrected chi connectivity index (χ1v) is 12.6. The molecule has 1 aromatic carbocycles. The number of likely N-dealkylation sites (tertiary alicyclic amines) is 1. The highest BCUT2D eigenvalue weighted by Gasteiger charge is 2.26. The zero-order valence-corrected chi connectivity index (χ0v) is 19.6. The van der Waals surface area contributed by atoms with Gasteiger partial charge >= 0.3 is 0 Å². The average molecular weight is 445 g/mol. The van der Waals surface area contributed by atoms with Crippen LogP contribution in [0, 0.1) is 5.41 Å². The number of piperidine rings is 1. The third-order valence-corrected chi connectivity index (χ3v) is 6.62. The summed E-state index contributed by atoms with van der Waals surface area (Å²) in [5.74, 6) is 1.27. The molecule has 1 aliphatic rings. The molecule has 0 bridgehead atoms. The fraction of sp³-hybridized carbons (Fsp3) is 0.500. The maximum atomic E-state index is 12.4. The van der Waals surface area contributed by atoms with Gasteiger partial charge in [0.2, 0.25) is 5.91 Å². The highest BCUT2D eigenvalue weighted by molar-refractivity contribution is 7.90. The van der Waals surface area contributed by atoms with E-state index >= 15 is 0 Å². The monoisotopic (exact) mass is 444 g/mol. The van der Waals surface area contributed by atoms with Gasteiger partial charge in [-0.3, -0.25) is 9.78 Å². The first kappa shape index (κ1) is 23.3. The van der Waals surface area contributed by atoms with Crippen LogP contribution in [0.2, 0.25) is 0 Å². The topological polar surface area (TPSA) is 76.6 Å². The Balaban J connectivity index is 1.50. The number of amides is 1. The number of benzene rings is 1. The van der Waals surface area contributed by atoms with Crippen LogP contribution < -0.4 is 4.74 Å². The van der Waals surface area contributed by atoms with Crippen molar-refractivity contribution < 1.29 is 17.9 Å². The van der Waals surface area contributed by atoms with Gasteiger partial charge in [0.15, 0.2) is 9.84 Å². The number of pyridine rings is 1. The molecule has 168 valence electrons. The molecule has 0 saturated carbocycles. The van der Waals surface area contributed by atoms with Crippen LogP contribution in [0.3, 0.4) is 0 Å². The summed E-state index contributed by atoms with van der Waals surface area (Å²) in [4.78, 5) is 19.2. The van der Waals surface area contributed by atoms with Crippen LogP contribution in [0.5, 0.6) is 5.75 Å². The molecule has 6 nitrogen and oxygen atoms in total. The predicted octanol–water partition coefficient (Wildman–Crippen LogP) is 4.21. The fourth-order valence-corrected chi connectivity index (χ4v) is 4.36. The molecule has 2 heterocycles. The Kier molecular flexibility index (Phi) is 7.04. The number of ether oxygens (including phenoxy) is 1. The smallest absolute Gasteiger partial charge is 0.223 e. The number of hydrogen-bond acceptors (Lipinski definition) is 5. The molecular formula is C24H32N2O4S. The van der Waals surface area contributed by atoms with Crippen LogP contribution in [0.25, 0.3) is 0 Å². The van der Waals surface area contributed by atoms with E-state index in [1.807, 2.05) is 17.2 Å². The molecule has 1 aromatic heterocycles. The highest BCUT2D eigenvalue weighted by Crippen LogP contribution is 2.29. The Morgan fingerprint density at radius 3 is 2.26 bits per heavy atom. The molecule has 1 fully saturated rings. The van der Waals surface area contributed by atoms with Crippen molar-refractivity contribution in [1.82, 2.24) is 9.88 Å². The number of nitrogens with zero attached hydrogens (tertiary/aromatic N) is 2. The zero-order chi connectivity index (χ0) is 22.6. The van der Waals surface area contributed by atoms with Crippen molar-refractivity contribution in [3.63, 3.8) is 0 Å². The maximum absolute atomic E-state index is 12.4. The lowest BCUT2D eigenvalue weighted by molar-refractivity contribution is -0.134. The average Bonchev–Trinajstić information content (AvgIpc) is 2.71. The van der Waals surface area contributed by atoms with E-state index in [1.54, 1.807) is 24.3 Å². The van der Waals surface area contributed by atoms with Crippen LogP contribution >= 0.6 is 0 Å². The molecule has 0 atom stereocenters. The molecule has 3 rings (SSSR count). The van der Waals surface area contributed by atoms with Gasteiger partial charge in [-0.25, -0.2) is 8.42 Å². The normalized spacial score (nSPS) is 15.7. The first-order chi connectivity index (χ1) is 14.5. The quantitative estimate of drug-likeness (QED) is 0.667. The number of rotatable bonds is 6. The summed E-state index contributed by atoms with van der Waals surface area (Å²) >= 11 is 0. The van der Waals surface area contributed by atoms with E-state index in [1.165, 1.54) is 11.8 Å². The number of sulfone groups is 1. The van der Waals surface area contributed by atoms with Crippen molar-refractivity contribution in [2.24, 2.45) is 5.41 Å². The summed E-state index contributed by atoms with van der Waals surface area (Å²) in [5, 5.41) is 0. The molecule has 2 aromatic rings. The van der Waals surface area contributed by atoms with Crippen molar-refractivity contribution in [3.05, 3.63) is 53.9 Å². The van der Waals surface area contributed by atoms with E-state index in [9.17, 15) is 13.2 Å². The molecule has 0 aliphatic carbocycles. The largest absolute Gasteiger partial charge is 0.487 e. The standard InChI is InChI=1S/C24H32N2O4S/c1-24(2,3)15-23(27)26-13-11-18(12-14-26)19-5-6-20(25-16-19)17-30-21-7-9-22(10-8-21)31(4,28)29/h5-10,16,18H,11-15,17H2,1-4H3. The van der Waals surface area contributed by atoms with E-state index in [0.717, 1.165) is 31.6 Å². The van der Waals surface area contributed by atoms with Gasteiger partial charge in [0, 0.05) is 32.0 Å². The van der Waals surface area contributed by atoms with Gasteiger partial charge in [0.05, 0.1) is 10.6 Å². The summed E-state index contributed by atoms with van der Waals surface area (Å²) in [7, 11) is -3.21. The van der Waals surface area contributed by atoms with E-state index < -0.39 is 9.84 Å². The second-order valence-electron chi connectivity index (χ2n) is 9.51. The summed E-state index contributed by atoms with van der Waals surface area (Å²) in [6.45, 7) is 8.21. The number of aromatic nitrogens is 1. The molecule has 1 saturated heterocycles. The van der Waals surface area contributed by atoms with Crippen molar-refractivity contribution in [2.45, 2.75) is 57.5 Å². The minimum Gasteiger partial charge on any atom is -0.487 e. The van der Waals surface area contributed by atoms with Crippen molar-refractivity contribution in [3.8, 4) is 5.75 Å². The highest BCUT2D eigenvalue weighted by atomic mass is 32.2. The van der Waals surface area contributed by atoms with Crippen molar-refractivity contribution >= 4 is 15.7 Å². The fourth-order valence-electron chi connectivity index (χ4n) is 3.73. The Hall–Kier alpha value is -2.41. The molecule has 31 heavy (non-hydrogen) atoms. The van der Waals surface area contributed by atoms with Crippen LogP contribution in [-0.4, -0.2) is 43.6 Å². The van der Waals surface area contributed by atoms with Gasteiger partial charge in [0.1, 0.15) is 12.4 Å². The lowest BCUT2D eigenvalue weighted by atomic mass is 9.88. The number of carbonyl (C=O) groups excluding carboxylic acids is 1. The molecular weight excluding hydrogens is 412 g/mol. The van der Waals surface area contributed by atoms with Gasteiger partial charge in [0.25, 0.3) is 0 Å². The summed E-state index contributed by atoms with van der Waals surface area (Å²) in [6, 6.07) is 10.5. The van der Waals surface area contributed by atoms with Crippen molar-refractivity contribution in [1.29, 1.82) is 0 Å². The maximum Gasteiger partial charge on any atom is 0.223 e. The molecule has 7 heteroatoms. The Bertz CT molecular complexity index is 985. The molecule has 0 radical (unpaired) electrons. The van der Waals surface area contributed by atoms with Gasteiger partial charge in [-0.2, -0.15) is 0 Å². The third-order valence-electron chi connectivity index (χ3n) is 5.49. The second kappa shape index (κ2) is 9.39. The van der Waals surface area contributed by atoms with E-state index in [2.05, 4.69) is 31.8 Å². The van der Waals surface area contributed by atoms with Crippen LogP contribution in [-0.2, 0) is 21.2 Å². The Morgan fingerprint density at radius 2 is 1.74 bits per heavy atom. The third kappa shape index (κ3) is 6.79. The SMILES string of the molecule is CC(C)(C)CC(=O)N1CCC(c2ccc(COc3ccc(S(C)(=O)=O)cc3)nc2)CC1. The number of hydrogen-bond donors (Lipinski definition) is 0. The lowest BCUT2D eigenvalue weighted by Crippen LogP contribution is -2.39. The van der Waals surface area contributed by atoms with Gasteiger partial charge in [-0.15, -0.1) is 0 Å². The summed E-state index contributed by atoms with van der Waals surface area (Å²) in [6.07, 6.45) is 5.59.